The molecular weight excluding hydrogens is 256 g/mol. The van der Waals surface area contributed by atoms with E-state index in [1.54, 1.807) is 11.2 Å². The summed E-state index contributed by atoms with van der Waals surface area (Å²) in [6, 6.07) is 0. The molecule has 100 valence electrons. The van der Waals surface area contributed by atoms with Crippen LogP contribution in [-0.2, 0) is 10.0 Å². The summed E-state index contributed by atoms with van der Waals surface area (Å²) in [7, 11) is -3.35. The molecule has 1 rings (SSSR count). The van der Waals surface area contributed by atoms with Crippen LogP contribution in [0.4, 0.5) is 0 Å². The lowest BCUT2D eigenvalue weighted by molar-refractivity contribution is 0.387. The molecule has 0 bridgehead atoms. The SMILES string of the molecule is CCC(C(N)=S)S(=O)(=O)N1CCC(C(C)C)C1. The fourth-order valence-electron chi connectivity index (χ4n) is 2.27. The van der Waals surface area contributed by atoms with Gasteiger partial charge in [0.25, 0.3) is 0 Å². The Kier molecular flexibility index (Phi) is 4.92. The summed E-state index contributed by atoms with van der Waals surface area (Å²) in [6.07, 6.45) is 1.38. The molecule has 1 aliphatic rings. The van der Waals surface area contributed by atoms with E-state index in [1.807, 2.05) is 0 Å². The van der Waals surface area contributed by atoms with Crippen molar-refractivity contribution in [1.82, 2.24) is 4.31 Å². The normalized spacial score (nSPS) is 24.1. The molecule has 2 atom stereocenters. The van der Waals surface area contributed by atoms with Gasteiger partial charge in [0.1, 0.15) is 5.25 Å². The lowest BCUT2D eigenvalue weighted by atomic mass is 9.96. The maximum Gasteiger partial charge on any atom is 0.223 e. The Morgan fingerprint density at radius 3 is 2.47 bits per heavy atom. The summed E-state index contributed by atoms with van der Waals surface area (Å²) >= 11 is 4.85. The molecule has 0 aromatic rings. The lowest BCUT2D eigenvalue weighted by Gasteiger charge is -2.23. The Hall–Kier alpha value is -0.200. The zero-order valence-electron chi connectivity index (χ0n) is 10.7. The van der Waals surface area contributed by atoms with Gasteiger partial charge in [0, 0.05) is 13.1 Å². The first-order valence-electron chi connectivity index (χ1n) is 6.09. The van der Waals surface area contributed by atoms with E-state index >= 15 is 0 Å². The van der Waals surface area contributed by atoms with E-state index in [9.17, 15) is 8.42 Å². The first kappa shape index (κ1) is 14.9. The number of rotatable bonds is 5. The predicted octanol–water partition coefficient (Wildman–Crippen LogP) is 1.36. The van der Waals surface area contributed by atoms with E-state index in [2.05, 4.69) is 13.8 Å². The molecule has 2 N–H and O–H groups in total. The van der Waals surface area contributed by atoms with Crippen LogP contribution < -0.4 is 5.73 Å². The second-order valence-corrected chi connectivity index (χ2v) is 7.58. The third-order valence-corrected chi connectivity index (χ3v) is 6.33. The molecular formula is C11H22N2O2S2. The van der Waals surface area contributed by atoms with Crippen molar-refractivity contribution in [2.45, 2.75) is 38.9 Å². The number of nitrogens with two attached hydrogens (primary N) is 1. The van der Waals surface area contributed by atoms with Crippen molar-refractivity contribution in [3.8, 4) is 0 Å². The largest absolute Gasteiger partial charge is 0.392 e. The number of hydrogen-bond acceptors (Lipinski definition) is 3. The molecule has 1 saturated heterocycles. The average molecular weight is 278 g/mol. The highest BCUT2D eigenvalue weighted by Gasteiger charge is 2.38. The summed E-state index contributed by atoms with van der Waals surface area (Å²) in [6.45, 7) is 7.28. The van der Waals surface area contributed by atoms with Gasteiger partial charge in [-0.15, -0.1) is 0 Å². The summed E-state index contributed by atoms with van der Waals surface area (Å²) < 4.78 is 26.2. The smallest absolute Gasteiger partial charge is 0.223 e. The molecule has 1 heterocycles. The molecule has 0 radical (unpaired) electrons. The zero-order chi connectivity index (χ0) is 13.2. The number of thiocarbonyl (C=S) groups is 1. The zero-order valence-corrected chi connectivity index (χ0v) is 12.4. The van der Waals surface area contributed by atoms with Gasteiger partial charge in [-0.3, -0.25) is 0 Å². The van der Waals surface area contributed by atoms with Crippen LogP contribution in [0.3, 0.4) is 0 Å². The van der Waals surface area contributed by atoms with Crippen molar-refractivity contribution in [2.24, 2.45) is 17.6 Å². The van der Waals surface area contributed by atoms with E-state index in [0.29, 0.717) is 31.3 Å². The van der Waals surface area contributed by atoms with Gasteiger partial charge in [-0.25, -0.2) is 12.7 Å². The first-order chi connectivity index (χ1) is 7.80. The topological polar surface area (TPSA) is 63.4 Å². The summed E-state index contributed by atoms with van der Waals surface area (Å²) in [5.41, 5.74) is 5.52. The molecule has 4 nitrogen and oxygen atoms in total. The van der Waals surface area contributed by atoms with Crippen LogP contribution in [0.15, 0.2) is 0 Å². The molecule has 1 fully saturated rings. The summed E-state index contributed by atoms with van der Waals surface area (Å²) in [5, 5.41) is -0.705. The Bertz CT molecular complexity index is 379. The number of nitrogens with zero attached hydrogens (tertiary/aromatic N) is 1. The second-order valence-electron chi connectivity index (χ2n) is 4.99. The van der Waals surface area contributed by atoms with Crippen LogP contribution in [0.2, 0.25) is 0 Å². The molecule has 0 amide bonds. The van der Waals surface area contributed by atoms with Crippen molar-refractivity contribution in [1.29, 1.82) is 0 Å². The standard InChI is InChI=1S/C11H22N2O2S2/c1-4-10(11(12)16)17(14,15)13-6-5-9(7-13)8(2)3/h8-10H,4-7H2,1-3H3,(H2,12,16). The molecule has 1 aliphatic heterocycles. The molecule has 17 heavy (non-hydrogen) atoms. The summed E-state index contributed by atoms with van der Waals surface area (Å²) in [5.74, 6) is 0.966. The lowest BCUT2D eigenvalue weighted by Crippen LogP contribution is -2.43. The van der Waals surface area contributed by atoms with Gasteiger partial charge in [-0.2, -0.15) is 0 Å². The molecule has 0 aromatic heterocycles. The highest BCUT2D eigenvalue weighted by molar-refractivity contribution is 7.92. The molecule has 0 spiro atoms. The van der Waals surface area contributed by atoms with E-state index in [1.165, 1.54) is 0 Å². The Morgan fingerprint density at radius 1 is 1.53 bits per heavy atom. The minimum absolute atomic E-state index is 0.0838. The quantitative estimate of drug-likeness (QED) is 0.771. The highest BCUT2D eigenvalue weighted by Crippen LogP contribution is 2.27. The van der Waals surface area contributed by atoms with Crippen LogP contribution in [0.5, 0.6) is 0 Å². The van der Waals surface area contributed by atoms with E-state index in [4.69, 9.17) is 18.0 Å². The summed E-state index contributed by atoms with van der Waals surface area (Å²) in [4.78, 5) is 0.0838. The van der Waals surface area contributed by atoms with E-state index in [-0.39, 0.29) is 4.99 Å². The third-order valence-electron chi connectivity index (χ3n) is 3.54. The van der Waals surface area contributed by atoms with E-state index in [0.717, 1.165) is 6.42 Å². The third kappa shape index (κ3) is 3.17. The number of sulfonamides is 1. The Labute approximate surface area is 110 Å². The molecule has 6 heteroatoms. The van der Waals surface area contributed by atoms with Crippen LogP contribution in [0, 0.1) is 11.8 Å². The Morgan fingerprint density at radius 2 is 2.12 bits per heavy atom. The van der Waals surface area contributed by atoms with Crippen LogP contribution in [-0.4, -0.2) is 36.1 Å². The first-order valence-corrected chi connectivity index (χ1v) is 8.00. The second kappa shape index (κ2) is 5.63. The maximum atomic E-state index is 12.3. The predicted molar refractivity (Wildman–Crippen MR) is 74.3 cm³/mol. The van der Waals surface area contributed by atoms with Gasteiger partial charge in [0.15, 0.2) is 0 Å². The Balaban J connectivity index is 2.83. The molecule has 2 unspecified atom stereocenters. The molecule has 0 saturated carbocycles. The van der Waals surface area contributed by atoms with Crippen molar-refractivity contribution in [3.05, 3.63) is 0 Å². The minimum atomic E-state index is -3.35. The molecule has 0 aromatic carbocycles. The van der Waals surface area contributed by atoms with Gasteiger partial charge >= 0.3 is 0 Å². The maximum absolute atomic E-state index is 12.3. The van der Waals surface area contributed by atoms with Crippen LogP contribution >= 0.6 is 12.2 Å². The van der Waals surface area contributed by atoms with Crippen molar-refractivity contribution >= 4 is 27.2 Å². The van der Waals surface area contributed by atoms with Crippen LogP contribution in [0.25, 0.3) is 0 Å². The minimum Gasteiger partial charge on any atom is -0.392 e. The van der Waals surface area contributed by atoms with Crippen molar-refractivity contribution in [2.75, 3.05) is 13.1 Å². The molecule has 0 aliphatic carbocycles. The van der Waals surface area contributed by atoms with Crippen molar-refractivity contribution < 1.29 is 8.42 Å². The van der Waals surface area contributed by atoms with Gasteiger partial charge < -0.3 is 5.73 Å². The average Bonchev–Trinajstić information content (AvgIpc) is 2.66. The van der Waals surface area contributed by atoms with Gasteiger partial charge in [0.2, 0.25) is 10.0 Å². The van der Waals surface area contributed by atoms with Crippen LogP contribution in [0.1, 0.15) is 33.6 Å². The van der Waals surface area contributed by atoms with Gasteiger partial charge in [-0.1, -0.05) is 33.0 Å². The van der Waals surface area contributed by atoms with E-state index < -0.39 is 15.3 Å². The fourth-order valence-corrected chi connectivity index (χ4v) is 4.63. The fraction of sp³-hybridized carbons (Fsp3) is 0.909. The monoisotopic (exact) mass is 278 g/mol. The van der Waals surface area contributed by atoms with Crippen molar-refractivity contribution in [3.63, 3.8) is 0 Å². The van der Waals surface area contributed by atoms with Gasteiger partial charge in [0.05, 0.1) is 4.99 Å². The van der Waals surface area contributed by atoms with Gasteiger partial charge in [-0.05, 0) is 24.7 Å². The highest BCUT2D eigenvalue weighted by atomic mass is 32.2. The number of hydrogen-bond donors (Lipinski definition) is 1.